The minimum atomic E-state index is 0.675. The highest BCUT2D eigenvalue weighted by atomic mass is 15.2. The van der Waals surface area contributed by atoms with Crippen molar-refractivity contribution in [3.63, 3.8) is 0 Å². The highest BCUT2D eigenvalue weighted by Crippen LogP contribution is 2.34. The van der Waals surface area contributed by atoms with E-state index in [1.54, 1.807) is 12.4 Å². The molecular formula is C27H25N7. The third-order valence-electron chi connectivity index (χ3n) is 5.75. The number of nitrogens with zero attached hydrogens (tertiary/aromatic N) is 5. The molecule has 6 aromatic heterocycles. The normalized spacial score (nSPS) is 10.9. The molecule has 0 aromatic carbocycles. The van der Waals surface area contributed by atoms with Crippen molar-refractivity contribution in [2.45, 2.75) is 27.2 Å². The molecular weight excluding hydrogens is 422 g/mol. The van der Waals surface area contributed by atoms with Gasteiger partial charge in [-0.25, -0.2) is 4.98 Å². The van der Waals surface area contributed by atoms with E-state index in [9.17, 15) is 0 Å². The fraction of sp³-hybridized carbons (Fsp3) is 0.148. The first-order valence-electron chi connectivity index (χ1n) is 11.5. The Morgan fingerprint density at radius 2 is 1.56 bits per heavy atom. The summed E-state index contributed by atoms with van der Waals surface area (Å²) in [6.07, 6.45) is 13.9. The Hall–Kier alpha value is -4.39. The lowest BCUT2D eigenvalue weighted by Crippen LogP contribution is -1.87. The maximum absolute atomic E-state index is 4.57. The molecule has 6 aromatic rings. The van der Waals surface area contributed by atoms with Gasteiger partial charge in [0, 0.05) is 64.6 Å². The molecule has 0 aliphatic heterocycles. The van der Waals surface area contributed by atoms with Gasteiger partial charge in [0.05, 0.1) is 23.1 Å². The first kappa shape index (κ1) is 21.5. The number of H-pyrrole nitrogens is 2. The summed E-state index contributed by atoms with van der Waals surface area (Å²) in [5.74, 6) is 0. The molecule has 0 radical (unpaired) electrons. The van der Waals surface area contributed by atoms with Gasteiger partial charge in [0.1, 0.15) is 0 Å². The molecule has 0 saturated heterocycles. The van der Waals surface area contributed by atoms with Gasteiger partial charge in [-0.3, -0.25) is 20.1 Å². The van der Waals surface area contributed by atoms with Crippen molar-refractivity contribution in [3.8, 4) is 33.6 Å². The smallest absolute Gasteiger partial charge is 0.181 e. The fourth-order valence-electron chi connectivity index (χ4n) is 4.05. The molecule has 168 valence electrons. The molecule has 0 saturated carbocycles. The Labute approximate surface area is 197 Å². The standard InChI is InChI=1S/C25H19N7.C2H6/c1-2-15-7-17(11-27-10-15)18-8-20-24(31-32-25(20)29-12-18)22-9-19-21(13-28-14-23(19)30-22)16-3-5-26-6-4-16;1-2/h3-14,30H,2H2,1H3,(H,29,31,32);1-2H3. The number of aromatic amines is 2. The van der Waals surface area contributed by atoms with Crippen molar-refractivity contribution in [2.75, 3.05) is 0 Å². The maximum atomic E-state index is 4.57. The second-order valence-corrected chi connectivity index (χ2v) is 7.70. The molecule has 7 heteroatoms. The molecule has 0 fully saturated rings. The molecule has 6 rings (SSSR count). The number of aromatic nitrogens is 7. The van der Waals surface area contributed by atoms with E-state index in [0.717, 1.165) is 56.4 Å². The lowest BCUT2D eigenvalue weighted by atomic mass is 10.0. The van der Waals surface area contributed by atoms with E-state index in [-0.39, 0.29) is 0 Å². The first-order chi connectivity index (χ1) is 16.8. The molecule has 6 heterocycles. The molecule has 0 atom stereocenters. The lowest BCUT2D eigenvalue weighted by molar-refractivity contribution is 1.09. The average molecular weight is 448 g/mol. The average Bonchev–Trinajstić information content (AvgIpc) is 3.54. The van der Waals surface area contributed by atoms with Crippen LogP contribution in [-0.2, 0) is 6.42 Å². The van der Waals surface area contributed by atoms with Gasteiger partial charge in [0.15, 0.2) is 5.65 Å². The Morgan fingerprint density at radius 3 is 2.38 bits per heavy atom. The van der Waals surface area contributed by atoms with Crippen molar-refractivity contribution in [3.05, 3.63) is 79.3 Å². The van der Waals surface area contributed by atoms with Gasteiger partial charge in [0.2, 0.25) is 0 Å². The molecule has 0 amide bonds. The molecule has 0 bridgehead atoms. The van der Waals surface area contributed by atoms with E-state index in [1.165, 1.54) is 5.56 Å². The van der Waals surface area contributed by atoms with Crippen LogP contribution in [0.25, 0.3) is 55.6 Å². The molecule has 0 aliphatic rings. The van der Waals surface area contributed by atoms with Gasteiger partial charge in [-0.2, -0.15) is 5.10 Å². The maximum Gasteiger partial charge on any atom is 0.181 e. The van der Waals surface area contributed by atoms with E-state index in [2.05, 4.69) is 60.2 Å². The summed E-state index contributed by atoms with van der Waals surface area (Å²) in [7, 11) is 0. The summed E-state index contributed by atoms with van der Waals surface area (Å²) in [6, 6.07) is 10.4. The van der Waals surface area contributed by atoms with Crippen molar-refractivity contribution in [1.29, 1.82) is 0 Å². The van der Waals surface area contributed by atoms with Crippen molar-refractivity contribution >= 4 is 21.9 Å². The minimum absolute atomic E-state index is 0.675. The second kappa shape index (κ2) is 9.23. The van der Waals surface area contributed by atoms with E-state index < -0.39 is 0 Å². The van der Waals surface area contributed by atoms with Gasteiger partial charge in [-0.1, -0.05) is 20.8 Å². The molecule has 34 heavy (non-hydrogen) atoms. The number of hydrogen-bond donors (Lipinski definition) is 2. The van der Waals surface area contributed by atoms with Gasteiger partial charge < -0.3 is 4.98 Å². The zero-order chi connectivity index (χ0) is 23.5. The van der Waals surface area contributed by atoms with Crippen LogP contribution in [0.5, 0.6) is 0 Å². The van der Waals surface area contributed by atoms with Crippen LogP contribution in [0.1, 0.15) is 26.3 Å². The van der Waals surface area contributed by atoms with E-state index in [0.29, 0.717) is 5.65 Å². The number of hydrogen-bond acceptors (Lipinski definition) is 5. The molecule has 0 spiro atoms. The number of rotatable bonds is 4. The van der Waals surface area contributed by atoms with Gasteiger partial charge in [0.25, 0.3) is 0 Å². The van der Waals surface area contributed by atoms with Crippen LogP contribution in [0.3, 0.4) is 0 Å². The molecule has 7 nitrogen and oxygen atoms in total. The molecule has 0 aliphatic carbocycles. The summed E-state index contributed by atoms with van der Waals surface area (Å²) in [6.45, 7) is 6.13. The minimum Gasteiger partial charge on any atom is -0.352 e. The number of fused-ring (bicyclic) bond motifs is 2. The number of nitrogens with one attached hydrogen (secondary N) is 2. The zero-order valence-electron chi connectivity index (χ0n) is 19.4. The summed E-state index contributed by atoms with van der Waals surface area (Å²) in [5.41, 5.74) is 8.85. The summed E-state index contributed by atoms with van der Waals surface area (Å²) in [5, 5.41) is 9.62. The van der Waals surface area contributed by atoms with Crippen molar-refractivity contribution in [2.24, 2.45) is 0 Å². The highest BCUT2D eigenvalue weighted by Gasteiger charge is 2.15. The fourth-order valence-corrected chi connectivity index (χ4v) is 4.05. The highest BCUT2D eigenvalue weighted by molar-refractivity contribution is 6.00. The van der Waals surface area contributed by atoms with Crippen LogP contribution < -0.4 is 0 Å². The van der Waals surface area contributed by atoms with Crippen LogP contribution in [0.4, 0.5) is 0 Å². The van der Waals surface area contributed by atoms with Crippen LogP contribution in [0, 0.1) is 0 Å². The van der Waals surface area contributed by atoms with Gasteiger partial charge in [-0.15, -0.1) is 0 Å². The topological polar surface area (TPSA) is 96.0 Å². The van der Waals surface area contributed by atoms with E-state index >= 15 is 0 Å². The van der Waals surface area contributed by atoms with Crippen LogP contribution in [0.15, 0.2) is 73.7 Å². The quantitative estimate of drug-likeness (QED) is 0.335. The Morgan fingerprint density at radius 1 is 0.765 bits per heavy atom. The van der Waals surface area contributed by atoms with E-state index in [1.807, 2.05) is 57.0 Å². The Kier molecular flexibility index (Phi) is 5.82. The summed E-state index contributed by atoms with van der Waals surface area (Å²) in [4.78, 5) is 21.0. The number of aryl methyl sites for hydroxylation is 1. The third kappa shape index (κ3) is 3.81. The van der Waals surface area contributed by atoms with Crippen LogP contribution in [-0.4, -0.2) is 35.1 Å². The van der Waals surface area contributed by atoms with Crippen LogP contribution >= 0.6 is 0 Å². The Bertz CT molecular complexity index is 1560. The second-order valence-electron chi connectivity index (χ2n) is 7.70. The van der Waals surface area contributed by atoms with Crippen molar-refractivity contribution < 1.29 is 0 Å². The SMILES string of the molecule is CC.CCc1cncc(-c2cnc3n[nH]c(-c4cc5c(-c6ccncc6)cncc5[nH]4)c3c2)c1. The van der Waals surface area contributed by atoms with Gasteiger partial charge >= 0.3 is 0 Å². The van der Waals surface area contributed by atoms with Gasteiger partial charge in [-0.05, 0) is 47.9 Å². The largest absolute Gasteiger partial charge is 0.352 e. The third-order valence-corrected chi connectivity index (χ3v) is 5.75. The lowest BCUT2D eigenvalue weighted by Gasteiger charge is -2.03. The monoisotopic (exact) mass is 447 g/mol. The van der Waals surface area contributed by atoms with E-state index in [4.69, 9.17) is 0 Å². The van der Waals surface area contributed by atoms with Crippen molar-refractivity contribution in [1.82, 2.24) is 35.1 Å². The molecule has 0 unspecified atom stereocenters. The summed E-state index contributed by atoms with van der Waals surface area (Å²) >= 11 is 0. The zero-order valence-corrected chi connectivity index (χ0v) is 19.4. The van der Waals surface area contributed by atoms with Crippen LogP contribution in [0.2, 0.25) is 0 Å². The first-order valence-corrected chi connectivity index (χ1v) is 11.5. The molecule has 2 N–H and O–H groups in total. The number of pyridine rings is 4. The summed E-state index contributed by atoms with van der Waals surface area (Å²) < 4.78 is 0. The Balaban J connectivity index is 0.00000117. The predicted octanol–water partition coefficient (Wildman–Crippen LogP) is 6.21. The predicted molar refractivity (Wildman–Crippen MR) is 136 cm³/mol.